The van der Waals surface area contributed by atoms with Crippen molar-refractivity contribution in [3.05, 3.63) is 28.2 Å². The van der Waals surface area contributed by atoms with Crippen LogP contribution in [0.4, 0.5) is 5.69 Å². The number of aliphatic hydroxyl groups excluding tert-OH is 1. The zero-order valence-electron chi connectivity index (χ0n) is 9.98. The lowest BCUT2D eigenvalue weighted by molar-refractivity contribution is -0.117. The summed E-state index contributed by atoms with van der Waals surface area (Å²) in [6, 6.07) is 5.95. The number of halogens is 1. The van der Waals surface area contributed by atoms with E-state index in [1.165, 1.54) is 0 Å². The minimum absolute atomic E-state index is 0.0476. The minimum atomic E-state index is 0.0476. The Kier molecular flexibility index (Phi) is 3.54. The quantitative estimate of drug-likeness (QED) is 0.911. The van der Waals surface area contributed by atoms with Gasteiger partial charge in [-0.3, -0.25) is 4.79 Å². The fourth-order valence-electron chi connectivity index (χ4n) is 2.31. The number of aryl methyl sites for hydroxylation is 1. The lowest BCUT2D eigenvalue weighted by atomic mass is 10.0. The number of rotatable bonds is 2. The first kappa shape index (κ1) is 12.6. The van der Waals surface area contributed by atoms with Crippen LogP contribution in [0.3, 0.4) is 0 Å². The topological polar surface area (TPSA) is 40.5 Å². The van der Waals surface area contributed by atoms with Crippen molar-refractivity contribution in [2.75, 3.05) is 11.5 Å². The van der Waals surface area contributed by atoms with Crippen molar-refractivity contribution >= 4 is 27.5 Å². The third-order valence-electron chi connectivity index (χ3n) is 3.45. The van der Waals surface area contributed by atoms with Gasteiger partial charge < -0.3 is 10.0 Å². The molecule has 1 amide bonds. The largest absolute Gasteiger partial charge is 0.396 e. The van der Waals surface area contributed by atoms with E-state index in [4.69, 9.17) is 0 Å². The highest BCUT2D eigenvalue weighted by Crippen LogP contribution is 2.32. The van der Waals surface area contributed by atoms with Crippen molar-refractivity contribution < 1.29 is 9.90 Å². The summed E-state index contributed by atoms with van der Waals surface area (Å²) in [6.45, 7) is 4.06. The number of aliphatic hydroxyl groups is 1. The molecular weight excluding hydrogens is 282 g/mol. The molecule has 2 rings (SSSR count). The van der Waals surface area contributed by atoms with Crippen molar-refractivity contribution in [3.8, 4) is 0 Å². The second-order valence-corrected chi connectivity index (χ2v) is 5.44. The molecule has 4 heteroatoms. The Morgan fingerprint density at radius 1 is 1.53 bits per heavy atom. The Labute approximate surface area is 110 Å². The molecule has 1 saturated heterocycles. The maximum absolute atomic E-state index is 12.0. The summed E-state index contributed by atoms with van der Waals surface area (Å²) >= 11 is 3.45. The predicted molar refractivity (Wildman–Crippen MR) is 71.0 cm³/mol. The first-order valence-electron chi connectivity index (χ1n) is 5.73. The normalized spacial score (nSPS) is 24.5. The number of carbonyl (C=O) groups excluding carboxylic acids is 1. The van der Waals surface area contributed by atoms with Crippen LogP contribution in [0.5, 0.6) is 0 Å². The van der Waals surface area contributed by atoms with Crippen molar-refractivity contribution in [1.82, 2.24) is 0 Å². The van der Waals surface area contributed by atoms with Gasteiger partial charge in [-0.1, -0.05) is 15.9 Å². The van der Waals surface area contributed by atoms with Crippen LogP contribution in [-0.4, -0.2) is 23.7 Å². The molecule has 1 aromatic carbocycles. The number of nitrogens with zero attached hydrogens (tertiary/aromatic N) is 1. The molecule has 1 aliphatic heterocycles. The molecule has 1 aliphatic rings. The van der Waals surface area contributed by atoms with Crippen molar-refractivity contribution in [2.24, 2.45) is 5.92 Å². The molecule has 0 bridgehead atoms. The Balaban J connectivity index is 2.33. The van der Waals surface area contributed by atoms with Crippen molar-refractivity contribution in [2.45, 2.75) is 26.3 Å². The zero-order chi connectivity index (χ0) is 12.6. The molecule has 92 valence electrons. The van der Waals surface area contributed by atoms with E-state index in [0.717, 1.165) is 15.7 Å². The number of hydrogen-bond acceptors (Lipinski definition) is 2. The SMILES string of the molecule is Cc1cc(N2C(=O)CC(CO)C2C)ccc1Br. The van der Waals surface area contributed by atoms with Gasteiger partial charge in [0, 0.05) is 35.1 Å². The predicted octanol–water partition coefficient (Wildman–Crippen LogP) is 2.49. The highest BCUT2D eigenvalue weighted by atomic mass is 79.9. The van der Waals surface area contributed by atoms with Crippen LogP contribution in [-0.2, 0) is 4.79 Å². The highest BCUT2D eigenvalue weighted by Gasteiger charge is 2.37. The monoisotopic (exact) mass is 297 g/mol. The van der Waals surface area contributed by atoms with Gasteiger partial charge in [0.2, 0.25) is 5.91 Å². The van der Waals surface area contributed by atoms with E-state index in [1.54, 1.807) is 4.90 Å². The summed E-state index contributed by atoms with van der Waals surface area (Å²) < 4.78 is 1.04. The Morgan fingerprint density at radius 2 is 2.24 bits per heavy atom. The smallest absolute Gasteiger partial charge is 0.227 e. The fourth-order valence-corrected chi connectivity index (χ4v) is 2.55. The van der Waals surface area contributed by atoms with Crippen LogP contribution in [0, 0.1) is 12.8 Å². The maximum atomic E-state index is 12.0. The van der Waals surface area contributed by atoms with Gasteiger partial charge in [0.25, 0.3) is 0 Å². The molecule has 0 saturated carbocycles. The molecule has 0 aliphatic carbocycles. The van der Waals surface area contributed by atoms with Gasteiger partial charge in [0.15, 0.2) is 0 Å². The van der Waals surface area contributed by atoms with Crippen molar-refractivity contribution in [3.63, 3.8) is 0 Å². The van der Waals surface area contributed by atoms with E-state index in [1.807, 2.05) is 32.0 Å². The molecule has 1 N–H and O–H groups in total. The molecule has 0 spiro atoms. The van der Waals surface area contributed by atoms with E-state index in [0.29, 0.717) is 6.42 Å². The summed E-state index contributed by atoms with van der Waals surface area (Å²) in [7, 11) is 0. The number of hydrogen-bond donors (Lipinski definition) is 1. The average molecular weight is 298 g/mol. The standard InChI is InChI=1S/C13H16BrNO2/c1-8-5-11(3-4-12(8)14)15-9(2)10(7-16)6-13(15)17/h3-5,9-10,16H,6-7H2,1-2H3. The Hall–Kier alpha value is -0.870. The summed E-state index contributed by atoms with van der Waals surface area (Å²) in [4.78, 5) is 13.7. The zero-order valence-corrected chi connectivity index (χ0v) is 11.6. The van der Waals surface area contributed by atoms with Gasteiger partial charge in [-0.15, -0.1) is 0 Å². The highest BCUT2D eigenvalue weighted by molar-refractivity contribution is 9.10. The van der Waals surface area contributed by atoms with E-state index in [-0.39, 0.29) is 24.5 Å². The second-order valence-electron chi connectivity index (χ2n) is 4.58. The van der Waals surface area contributed by atoms with Crippen LogP contribution in [0.25, 0.3) is 0 Å². The first-order chi connectivity index (χ1) is 8.04. The average Bonchev–Trinajstić information content (AvgIpc) is 2.58. The molecule has 1 aromatic rings. The van der Waals surface area contributed by atoms with Gasteiger partial charge in [-0.25, -0.2) is 0 Å². The number of amides is 1. The van der Waals surface area contributed by atoms with Crippen LogP contribution in [0.1, 0.15) is 18.9 Å². The number of anilines is 1. The van der Waals surface area contributed by atoms with E-state index < -0.39 is 0 Å². The van der Waals surface area contributed by atoms with Crippen LogP contribution in [0.2, 0.25) is 0 Å². The molecule has 1 fully saturated rings. The van der Waals surface area contributed by atoms with Gasteiger partial charge in [-0.2, -0.15) is 0 Å². The fraction of sp³-hybridized carbons (Fsp3) is 0.462. The van der Waals surface area contributed by atoms with Crippen molar-refractivity contribution in [1.29, 1.82) is 0 Å². The molecule has 1 heterocycles. The molecule has 2 unspecified atom stereocenters. The minimum Gasteiger partial charge on any atom is -0.396 e. The van der Waals surface area contributed by atoms with E-state index >= 15 is 0 Å². The Bertz CT molecular complexity index is 447. The summed E-state index contributed by atoms with van der Waals surface area (Å²) in [5, 5.41) is 9.23. The molecule has 0 radical (unpaired) electrons. The van der Waals surface area contributed by atoms with Gasteiger partial charge in [-0.05, 0) is 37.6 Å². The maximum Gasteiger partial charge on any atom is 0.227 e. The van der Waals surface area contributed by atoms with Crippen LogP contribution < -0.4 is 4.90 Å². The second kappa shape index (κ2) is 4.78. The summed E-state index contributed by atoms with van der Waals surface area (Å²) in [5.41, 5.74) is 2.02. The third kappa shape index (κ3) is 2.24. The molecule has 2 atom stereocenters. The lowest BCUT2D eigenvalue weighted by Crippen LogP contribution is -2.33. The molecule has 0 aromatic heterocycles. The Morgan fingerprint density at radius 3 is 2.76 bits per heavy atom. The summed E-state index contributed by atoms with van der Waals surface area (Å²) in [6.07, 6.45) is 0.437. The number of benzene rings is 1. The molecular formula is C13H16BrNO2. The lowest BCUT2D eigenvalue weighted by Gasteiger charge is -2.24. The third-order valence-corrected chi connectivity index (χ3v) is 4.34. The first-order valence-corrected chi connectivity index (χ1v) is 6.53. The molecule has 3 nitrogen and oxygen atoms in total. The van der Waals surface area contributed by atoms with Gasteiger partial charge in [0.1, 0.15) is 0 Å². The molecule has 17 heavy (non-hydrogen) atoms. The van der Waals surface area contributed by atoms with Gasteiger partial charge in [0.05, 0.1) is 0 Å². The number of carbonyl (C=O) groups is 1. The van der Waals surface area contributed by atoms with Gasteiger partial charge >= 0.3 is 0 Å². The van der Waals surface area contributed by atoms with E-state index in [9.17, 15) is 9.90 Å². The van der Waals surface area contributed by atoms with E-state index in [2.05, 4.69) is 15.9 Å². The van der Waals surface area contributed by atoms with Crippen LogP contribution >= 0.6 is 15.9 Å². The summed E-state index contributed by atoms with van der Waals surface area (Å²) in [5.74, 6) is 0.143. The van der Waals surface area contributed by atoms with Crippen LogP contribution in [0.15, 0.2) is 22.7 Å².